The molecule has 2 unspecified atom stereocenters. The molecular weight excluding hydrogens is 490 g/mol. The Balaban J connectivity index is 1.41. The molecule has 3 heterocycles. The number of ether oxygens (including phenoxy) is 2. The third-order valence-electron chi connectivity index (χ3n) is 6.55. The van der Waals surface area contributed by atoms with Gasteiger partial charge in [0.05, 0.1) is 36.8 Å². The Hall–Kier alpha value is -3.62. The molecule has 0 spiro atoms. The van der Waals surface area contributed by atoms with E-state index in [4.69, 9.17) is 9.47 Å². The number of nitrogens with one attached hydrogen (secondary N) is 1. The topological polar surface area (TPSA) is 115 Å². The summed E-state index contributed by atoms with van der Waals surface area (Å²) in [5.41, 5.74) is 1.19. The first-order chi connectivity index (χ1) is 17.9. The number of aromatic nitrogens is 2. The van der Waals surface area contributed by atoms with E-state index < -0.39 is 17.6 Å². The summed E-state index contributed by atoms with van der Waals surface area (Å²) in [5, 5.41) is 2.32. The minimum atomic E-state index is -0.718. The molecule has 1 aromatic heterocycles. The van der Waals surface area contributed by atoms with Crippen LogP contribution < -0.4 is 11.0 Å². The molecule has 0 radical (unpaired) electrons. The van der Waals surface area contributed by atoms with E-state index in [1.54, 1.807) is 20.2 Å². The highest BCUT2D eigenvalue weighted by Crippen LogP contribution is 2.23. The van der Waals surface area contributed by atoms with Gasteiger partial charge in [-0.2, -0.15) is 0 Å². The van der Waals surface area contributed by atoms with Crippen LogP contribution in [0.25, 0.3) is 11.0 Å². The molecule has 2 aromatic rings. The molecule has 2 aliphatic heterocycles. The number of aryl methyl sites for hydroxylation is 1. The first kappa shape index (κ1) is 27.4. The molecule has 11 nitrogen and oxygen atoms in total. The number of imidazole rings is 1. The maximum atomic E-state index is 12.9. The van der Waals surface area contributed by atoms with E-state index in [-0.39, 0.29) is 30.2 Å². The number of imide groups is 1. The van der Waals surface area contributed by atoms with E-state index in [0.717, 1.165) is 12.1 Å². The maximum absolute atomic E-state index is 12.9. The highest BCUT2D eigenvalue weighted by atomic mass is 16.6. The Labute approximate surface area is 221 Å². The van der Waals surface area contributed by atoms with E-state index in [9.17, 15) is 19.2 Å². The number of carbonyl (C=O) groups excluding carboxylic acids is 3. The molecule has 4 rings (SSSR count). The van der Waals surface area contributed by atoms with Crippen molar-refractivity contribution in [1.29, 1.82) is 0 Å². The Morgan fingerprint density at radius 2 is 2.00 bits per heavy atom. The lowest BCUT2D eigenvalue weighted by Gasteiger charge is -2.34. The highest BCUT2D eigenvalue weighted by molar-refractivity contribution is 6.00. The van der Waals surface area contributed by atoms with Gasteiger partial charge in [0.15, 0.2) is 0 Å². The van der Waals surface area contributed by atoms with Gasteiger partial charge in [0.1, 0.15) is 11.6 Å². The number of fused-ring (bicyclic) bond motifs is 1. The molecule has 2 fully saturated rings. The van der Waals surface area contributed by atoms with Gasteiger partial charge in [-0.1, -0.05) is 11.8 Å². The fraction of sp³-hybridized carbons (Fsp3) is 0.556. The molecule has 11 heteroatoms. The van der Waals surface area contributed by atoms with Crippen molar-refractivity contribution in [1.82, 2.24) is 24.3 Å². The van der Waals surface area contributed by atoms with Crippen molar-refractivity contribution in [3.63, 3.8) is 0 Å². The SMILES string of the molecule is CN(CC1CN(CC#Cc2ccc3c(c2)n(C)c(=O)n3C2CCC(=O)NC2=O)CCO1)C(=O)OC(C)(C)C. The normalized spacial score (nSPS) is 20.6. The van der Waals surface area contributed by atoms with E-state index in [0.29, 0.717) is 43.7 Å². The van der Waals surface area contributed by atoms with Crippen molar-refractivity contribution in [2.75, 3.05) is 39.8 Å². The van der Waals surface area contributed by atoms with Gasteiger partial charge in [0.2, 0.25) is 11.8 Å². The summed E-state index contributed by atoms with van der Waals surface area (Å²) in [5.74, 6) is 5.59. The van der Waals surface area contributed by atoms with E-state index >= 15 is 0 Å². The smallest absolute Gasteiger partial charge is 0.410 e. The van der Waals surface area contributed by atoms with E-state index in [2.05, 4.69) is 22.1 Å². The molecule has 2 saturated heterocycles. The number of nitrogens with zero attached hydrogens (tertiary/aromatic N) is 4. The van der Waals surface area contributed by atoms with Crippen LogP contribution in [0, 0.1) is 11.8 Å². The van der Waals surface area contributed by atoms with Crippen LogP contribution in [-0.4, -0.2) is 88.4 Å². The Morgan fingerprint density at radius 3 is 2.71 bits per heavy atom. The summed E-state index contributed by atoms with van der Waals surface area (Å²) >= 11 is 0. The Kier molecular flexibility index (Phi) is 7.94. The lowest BCUT2D eigenvalue weighted by Crippen LogP contribution is -2.48. The monoisotopic (exact) mass is 525 g/mol. The van der Waals surface area contributed by atoms with Crippen molar-refractivity contribution in [2.24, 2.45) is 7.05 Å². The zero-order valence-corrected chi connectivity index (χ0v) is 22.6. The molecule has 3 amide bonds. The number of piperidine rings is 1. The average Bonchev–Trinajstić information content (AvgIpc) is 3.08. The molecule has 2 aliphatic rings. The van der Waals surface area contributed by atoms with Crippen LogP contribution in [0.2, 0.25) is 0 Å². The predicted octanol–water partition coefficient (Wildman–Crippen LogP) is 1.24. The quantitative estimate of drug-likeness (QED) is 0.472. The number of hydrogen-bond donors (Lipinski definition) is 1. The third-order valence-corrected chi connectivity index (χ3v) is 6.55. The second kappa shape index (κ2) is 11.0. The van der Waals surface area contributed by atoms with Crippen molar-refractivity contribution in [3.05, 3.63) is 34.2 Å². The van der Waals surface area contributed by atoms with Crippen LogP contribution >= 0.6 is 0 Å². The van der Waals surface area contributed by atoms with Crippen molar-refractivity contribution in [2.45, 2.75) is 51.4 Å². The van der Waals surface area contributed by atoms with Gasteiger partial charge in [0.25, 0.3) is 0 Å². The average molecular weight is 526 g/mol. The fourth-order valence-electron chi connectivity index (χ4n) is 4.68. The summed E-state index contributed by atoms with van der Waals surface area (Å²) in [6.07, 6.45) is -0.0304. The highest BCUT2D eigenvalue weighted by Gasteiger charge is 2.31. The van der Waals surface area contributed by atoms with Gasteiger partial charge < -0.3 is 14.4 Å². The third kappa shape index (κ3) is 6.26. The summed E-state index contributed by atoms with van der Waals surface area (Å²) in [4.78, 5) is 52.8. The summed E-state index contributed by atoms with van der Waals surface area (Å²) < 4.78 is 14.2. The predicted molar refractivity (Wildman–Crippen MR) is 141 cm³/mol. The number of amides is 3. The van der Waals surface area contributed by atoms with Crippen LogP contribution in [0.15, 0.2) is 23.0 Å². The molecule has 0 aliphatic carbocycles. The molecule has 38 heavy (non-hydrogen) atoms. The van der Waals surface area contributed by atoms with Crippen molar-refractivity contribution in [3.8, 4) is 11.8 Å². The minimum absolute atomic E-state index is 0.138. The summed E-state index contributed by atoms with van der Waals surface area (Å²) in [7, 11) is 3.36. The van der Waals surface area contributed by atoms with Crippen LogP contribution in [-0.2, 0) is 26.1 Å². The standard InChI is InChI=1S/C27H35N5O6/c1-27(2,3)38-26(36)29(4)16-19-17-31(13-14-37-19)12-6-7-18-8-9-20-22(15-18)30(5)25(35)32(20)21-10-11-23(33)28-24(21)34/h8-9,15,19,21H,10-14,16-17H2,1-5H3,(H,28,33,34). The molecule has 1 aromatic carbocycles. The van der Waals surface area contributed by atoms with Gasteiger partial charge >= 0.3 is 11.8 Å². The van der Waals surface area contributed by atoms with Crippen LogP contribution in [0.4, 0.5) is 4.79 Å². The first-order valence-corrected chi connectivity index (χ1v) is 12.7. The molecule has 0 bridgehead atoms. The molecule has 1 N–H and O–H groups in total. The second-order valence-corrected chi connectivity index (χ2v) is 10.8. The van der Waals surface area contributed by atoms with Crippen molar-refractivity contribution >= 4 is 28.9 Å². The zero-order valence-electron chi connectivity index (χ0n) is 22.6. The molecule has 0 saturated carbocycles. The van der Waals surface area contributed by atoms with Crippen molar-refractivity contribution < 1.29 is 23.9 Å². The number of benzene rings is 1. The first-order valence-electron chi connectivity index (χ1n) is 12.7. The Morgan fingerprint density at radius 1 is 1.24 bits per heavy atom. The van der Waals surface area contributed by atoms with Gasteiger partial charge in [0, 0.05) is 39.2 Å². The number of rotatable bonds is 4. The van der Waals surface area contributed by atoms with Gasteiger partial charge in [-0.05, 0) is 45.4 Å². The molecular formula is C27H35N5O6. The molecule has 204 valence electrons. The fourth-order valence-corrected chi connectivity index (χ4v) is 4.68. The van der Waals surface area contributed by atoms with Crippen LogP contribution in [0.5, 0.6) is 0 Å². The Bertz CT molecular complexity index is 1360. The van der Waals surface area contributed by atoms with Gasteiger partial charge in [-0.3, -0.25) is 28.9 Å². The van der Waals surface area contributed by atoms with E-state index in [1.165, 1.54) is 14.0 Å². The largest absolute Gasteiger partial charge is 0.444 e. The lowest BCUT2D eigenvalue weighted by atomic mass is 10.1. The number of carbonyl (C=O) groups is 3. The summed E-state index contributed by atoms with van der Waals surface area (Å²) in [6, 6.07) is 4.74. The maximum Gasteiger partial charge on any atom is 0.410 e. The van der Waals surface area contributed by atoms with E-state index in [1.807, 2.05) is 32.9 Å². The van der Waals surface area contributed by atoms with Crippen LogP contribution in [0.3, 0.4) is 0 Å². The number of likely N-dealkylation sites (N-methyl/N-ethyl adjacent to an activating group) is 1. The zero-order chi connectivity index (χ0) is 27.6. The second-order valence-electron chi connectivity index (χ2n) is 10.8. The lowest BCUT2D eigenvalue weighted by molar-refractivity contribution is -0.135. The van der Waals surface area contributed by atoms with Crippen LogP contribution in [0.1, 0.15) is 45.2 Å². The minimum Gasteiger partial charge on any atom is -0.444 e. The summed E-state index contributed by atoms with van der Waals surface area (Å²) in [6.45, 7) is 8.40. The number of hydrogen-bond acceptors (Lipinski definition) is 7. The van der Waals surface area contributed by atoms with Gasteiger partial charge in [-0.15, -0.1) is 0 Å². The van der Waals surface area contributed by atoms with Gasteiger partial charge in [-0.25, -0.2) is 9.59 Å². The molecule has 2 atom stereocenters. The number of morpholine rings is 1.